The number of fused-ring (bicyclic) bond motifs is 1. The number of benzene rings is 1. The minimum atomic E-state index is -0.401. The molecule has 25 heavy (non-hydrogen) atoms. The zero-order valence-electron chi connectivity index (χ0n) is 14.0. The van der Waals surface area contributed by atoms with Gasteiger partial charge in [-0.1, -0.05) is 11.6 Å². The molecule has 0 aromatic heterocycles. The van der Waals surface area contributed by atoms with E-state index >= 15 is 0 Å². The third-order valence-electron chi connectivity index (χ3n) is 4.68. The Hall–Kier alpha value is -0.950. The van der Waals surface area contributed by atoms with Crippen molar-refractivity contribution in [3.63, 3.8) is 0 Å². The van der Waals surface area contributed by atoms with Crippen molar-refractivity contribution in [3.05, 3.63) is 23.2 Å². The second-order valence-electron chi connectivity index (χ2n) is 6.54. The zero-order valence-corrected chi connectivity index (χ0v) is 16.4. The second-order valence-corrected chi connectivity index (χ2v) is 8.22. The van der Waals surface area contributed by atoms with Crippen LogP contribution >= 0.6 is 35.8 Å². The highest BCUT2D eigenvalue weighted by Crippen LogP contribution is 2.38. The Balaban J connectivity index is 0.00000225. The van der Waals surface area contributed by atoms with Gasteiger partial charge in [0, 0.05) is 35.5 Å². The first kappa shape index (κ1) is 20.4. The molecule has 2 aliphatic heterocycles. The molecular formula is C17H23Cl2N3O2S. The van der Waals surface area contributed by atoms with Gasteiger partial charge in [-0.25, -0.2) is 0 Å². The Kier molecular flexibility index (Phi) is 7.02. The molecule has 138 valence electrons. The summed E-state index contributed by atoms with van der Waals surface area (Å²) in [4.78, 5) is 27.7. The van der Waals surface area contributed by atoms with Crippen LogP contribution < -0.4 is 11.1 Å². The maximum atomic E-state index is 12.6. The molecule has 3 N–H and O–H groups in total. The molecule has 8 heteroatoms. The maximum Gasteiger partial charge on any atom is 0.238 e. The number of amides is 2. The predicted molar refractivity (Wildman–Crippen MR) is 105 cm³/mol. The number of hydrogen-bond donors (Lipinski definition) is 2. The summed E-state index contributed by atoms with van der Waals surface area (Å²) in [7, 11) is 0. The average Bonchev–Trinajstić information content (AvgIpc) is 2.55. The van der Waals surface area contributed by atoms with Crippen molar-refractivity contribution in [2.45, 2.75) is 42.4 Å². The third-order valence-corrected chi connectivity index (χ3v) is 6.19. The fourth-order valence-corrected chi connectivity index (χ4v) is 4.46. The number of carbonyl (C=O) groups excluding carboxylic acids is 2. The third kappa shape index (κ3) is 4.82. The maximum absolute atomic E-state index is 12.6. The number of halogens is 2. The van der Waals surface area contributed by atoms with Gasteiger partial charge in [-0.2, -0.15) is 0 Å². The molecule has 1 aromatic carbocycles. The van der Waals surface area contributed by atoms with E-state index in [0.29, 0.717) is 17.5 Å². The number of thioether (sulfide) groups is 1. The number of likely N-dealkylation sites (tertiary alicyclic amines) is 1. The quantitative estimate of drug-likeness (QED) is 0.812. The van der Waals surface area contributed by atoms with Gasteiger partial charge in [-0.15, -0.1) is 24.2 Å². The number of hydrogen-bond acceptors (Lipinski definition) is 4. The molecule has 3 atom stereocenters. The predicted octanol–water partition coefficient (Wildman–Crippen LogP) is 3.15. The molecule has 0 bridgehead atoms. The van der Waals surface area contributed by atoms with E-state index in [4.69, 9.17) is 17.3 Å². The topological polar surface area (TPSA) is 75.4 Å². The lowest BCUT2D eigenvalue weighted by molar-refractivity contribution is -0.134. The fraction of sp³-hybridized carbons (Fsp3) is 0.529. The lowest BCUT2D eigenvalue weighted by atomic mass is 9.92. The monoisotopic (exact) mass is 403 g/mol. The highest BCUT2D eigenvalue weighted by molar-refractivity contribution is 8.01. The van der Waals surface area contributed by atoms with Crippen LogP contribution in [0.25, 0.3) is 0 Å². The van der Waals surface area contributed by atoms with E-state index in [2.05, 4.69) is 5.32 Å². The van der Waals surface area contributed by atoms with E-state index < -0.39 is 5.25 Å². The first-order chi connectivity index (χ1) is 11.4. The number of piperidine rings is 1. The van der Waals surface area contributed by atoms with Crippen molar-refractivity contribution >= 4 is 53.3 Å². The van der Waals surface area contributed by atoms with Crippen molar-refractivity contribution in [1.29, 1.82) is 0 Å². The van der Waals surface area contributed by atoms with Gasteiger partial charge in [-0.3, -0.25) is 9.59 Å². The summed E-state index contributed by atoms with van der Waals surface area (Å²) in [5.74, 6) is 0.243. The van der Waals surface area contributed by atoms with Gasteiger partial charge in [-0.05, 0) is 43.9 Å². The molecular weight excluding hydrogens is 381 g/mol. The number of nitrogens with one attached hydrogen (secondary N) is 1. The van der Waals surface area contributed by atoms with Gasteiger partial charge in [0.15, 0.2) is 0 Å². The molecule has 1 aromatic rings. The van der Waals surface area contributed by atoms with Crippen molar-refractivity contribution in [2.75, 3.05) is 18.4 Å². The Morgan fingerprint density at radius 1 is 1.52 bits per heavy atom. The smallest absolute Gasteiger partial charge is 0.238 e. The second kappa shape index (κ2) is 8.62. The first-order valence-corrected chi connectivity index (χ1v) is 9.50. The minimum absolute atomic E-state index is 0. The Morgan fingerprint density at radius 3 is 3.00 bits per heavy atom. The largest absolute Gasteiger partial charge is 0.342 e. The molecule has 3 rings (SSSR count). The number of carbonyl (C=O) groups is 2. The van der Waals surface area contributed by atoms with Gasteiger partial charge in [0.1, 0.15) is 0 Å². The number of nitrogens with zero attached hydrogens (tertiary/aromatic N) is 1. The van der Waals surface area contributed by atoms with E-state index in [-0.39, 0.29) is 36.7 Å². The Bertz CT molecular complexity index is 657. The molecule has 0 aliphatic carbocycles. The molecule has 2 aliphatic rings. The molecule has 3 unspecified atom stereocenters. The Morgan fingerprint density at radius 2 is 2.28 bits per heavy atom. The van der Waals surface area contributed by atoms with Gasteiger partial charge in [0.05, 0.1) is 10.9 Å². The summed E-state index contributed by atoms with van der Waals surface area (Å²) < 4.78 is 0. The average molecular weight is 404 g/mol. The van der Waals surface area contributed by atoms with E-state index in [1.165, 1.54) is 11.8 Å². The van der Waals surface area contributed by atoms with Crippen LogP contribution in [-0.4, -0.2) is 41.1 Å². The summed E-state index contributed by atoms with van der Waals surface area (Å²) in [5, 5.41) is 3.03. The summed E-state index contributed by atoms with van der Waals surface area (Å²) in [6, 6.07) is 5.50. The van der Waals surface area contributed by atoms with Crippen molar-refractivity contribution in [1.82, 2.24) is 4.90 Å². The van der Waals surface area contributed by atoms with Gasteiger partial charge < -0.3 is 16.0 Å². The molecule has 2 amide bonds. The summed E-state index contributed by atoms with van der Waals surface area (Å²) in [6.45, 7) is 3.44. The van der Waals surface area contributed by atoms with Crippen LogP contribution in [0.15, 0.2) is 23.1 Å². The van der Waals surface area contributed by atoms with Crippen molar-refractivity contribution < 1.29 is 9.59 Å². The van der Waals surface area contributed by atoms with Crippen molar-refractivity contribution in [3.8, 4) is 0 Å². The van der Waals surface area contributed by atoms with Gasteiger partial charge in [0.2, 0.25) is 11.8 Å². The van der Waals surface area contributed by atoms with E-state index in [0.717, 1.165) is 30.0 Å². The van der Waals surface area contributed by atoms with Crippen LogP contribution in [-0.2, 0) is 9.59 Å². The van der Waals surface area contributed by atoms with Crippen LogP contribution in [0.1, 0.15) is 26.2 Å². The van der Waals surface area contributed by atoms with Gasteiger partial charge in [0.25, 0.3) is 0 Å². The molecule has 0 spiro atoms. The van der Waals surface area contributed by atoms with Crippen molar-refractivity contribution in [2.24, 2.45) is 11.7 Å². The molecule has 2 heterocycles. The van der Waals surface area contributed by atoms with E-state index in [9.17, 15) is 9.59 Å². The Labute approximate surface area is 163 Å². The summed E-state index contributed by atoms with van der Waals surface area (Å²) in [5.41, 5.74) is 6.70. The summed E-state index contributed by atoms with van der Waals surface area (Å²) in [6.07, 6.45) is 2.25. The SMILES string of the molecule is CC(N)C1CCCN(C(=O)CC2Sc3ccc(Cl)cc3NC2=O)C1.Cl. The van der Waals surface area contributed by atoms with Crippen LogP contribution in [0.4, 0.5) is 5.69 Å². The van der Waals surface area contributed by atoms with Crippen LogP contribution in [0.5, 0.6) is 0 Å². The number of rotatable bonds is 3. The molecule has 1 fully saturated rings. The minimum Gasteiger partial charge on any atom is -0.342 e. The lowest BCUT2D eigenvalue weighted by Crippen LogP contribution is -2.46. The van der Waals surface area contributed by atoms with E-state index in [1.807, 2.05) is 17.9 Å². The lowest BCUT2D eigenvalue weighted by Gasteiger charge is -2.35. The first-order valence-electron chi connectivity index (χ1n) is 8.24. The zero-order chi connectivity index (χ0) is 17.3. The molecule has 0 radical (unpaired) electrons. The number of nitrogens with two attached hydrogens (primary N) is 1. The van der Waals surface area contributed by atoms with E-state index in [1.54, 1.807) is 12.1 Å². The standard InChI is InChI=1S/C17H22ClN3O2S.ClH/c1-10(19)11-3-2-6-21(9-11)16(22)8-15-17(23)20-13-7-12(18)4-5-14(13)24-15;/h4-5,7,10-11,15H,2-3,6,8-9,19H2,1H3,(H,20,23);1H. The van der Waals surface area contributed by atoms with Crippen LogP contribution in [0, 0.1) is 5.92 Å². The normalized spacial score (nSPS) is 24.0. The number of anilines is 1. The van der Waals surface area contributed by atoms with Gasteiger partial charge >= 0.3 is 0 Å². The molecule has 5 nitrogen and oxygen atoms in total. The molecule has 1 saturated heterocycles. The summed E-state index contributed by atoms with van der Waals surface area (Å²) >= 11 is 7.38. The molecule has 0 saturated carbocycles. The fourth-order valence-electron chi connectivity index (χ4n) is 3.21. The highest BCUT2D eigenvalue weighted by atomic mass is 35.5. The van der Waals surface area contributed by atoms with Crippen LogP contribution in [0.3, 0.4) is 0 Å². The van der Waals surface area contributed by atoms with Crippen LogP contribution in [0.2, 0.25) is 5.02 Å². The highest BCUT2D eigenvalue weighted by Gasteiger charge is 2.32.